The van der Waals surface area contributed by atoms with Crippen molar-refractivity contribution in [2.75, 3.05) is 6.61 Å². The summed E-state index contributed by atoms with van der Waals surface area (Å²) in [5, 5.41) is 0. The topological polar surface area (TPSA) is 26.3 Å². The van der Waals surface area contributed by atoms with Gasteiger partial charge in [-0.2, -0.15) is 0 Å². The van der Waals surface area contributed by atoms with Crippen LogP contribution in [0.1, 0.15) is 58.3 Å². The fraction of sp³-hybridized carbons (Fsp3) is 0.688. The summed E-state index contributed by atoms with van der Waals surface area (Å²) in [6, 6.07) is 0. The minimum Gasteiger partial charge on any atom is -0.465 e. The molecular weight excluding hydrogens is 224 g/mol. The van der Waals surface area contributed by atoms with Crippen LogP contribution < -0.4 is 0 Å². The van der Waals surface area contributed by atoms with Gasteiger partial charge in [-0.3, -0.25) is 4.79 Å². The van der Waals surface area contributed by atoms with Gasteiger partial charge in [-0.15, -0.1) is 0 Å². The average Bonchev–Trinajstić information content (AvgIpc) is 2.35. The van der Waals surface area contributed by atoms with Crippen molar-refractivity contribution in [2.45, 2.75) is 58.3 Å². The van der Waals surface area contributed by atoms with E-state index in [0.29, 0.717) is 18.9 Å². The van der Waals surface area contributed by atoms with Crippen LogP contribution in [0.15, 0.2) is 24.3 Å². The van der Waals surface area contributed by atoms with Crippen LogP contribution >= 0.6 is 0 Å². The number of hydrogen-bond donors (Lipinski definition) is 0. The van der Waals surface area contributed by atoms with Crippen LogP contribution in [0.4, 0.5) is 0 Å². The first-order valence-corrected chi connectivity index (χ1v) is 7.24. The van der Waals surface area contributed by atoms with Gasteiger partial charge in [0.25, 0.3) is 0 Å². The second kappa shape index (κ2) is 9.93. The van der Waals surface area contributed by atoms with Crippen molar-refractivity contribution < 1.29 is 9.53 Å². The number of cyclic esters (lactones) is 1. The first kappa shape index (κ1) is 15.0. The van der Waals surface area contributed by atoms with Gasteiger partial charge in [-0.1, -0.05) is 31.2 Å². The Bertz CT molecular complexity index is 279. The van der Waals surface area contributed by atoms with Crippen molar-refractivity contribution in [3.63, 3.8) is 0 Å². The van der Waals surface area contributed by atoms with Crippen molar-refractivity contribution in [3.05, 3.63) is 24.3 Å². The van der Waals surface area contributed by atoms with Crippen molar-refractivity contribution in [3.8, 4) is 0 Å². The summed E-state index contributed by atoms with van der Waals surface area (Å²) in [5.74, 6) is 0.596. The predicted molar refractivity (Wildman–Crippen MR) is 75.3 cm³/mol. The summed E-state index contributed by atoms with van der Waals surface area (Å²) >= 11 is 0. The molecule has 0 aromatic rings. The normalized spacial score (nSPS) is 28.3. The zero-order chi connectivity index (χ0) is 13.1. The van der Waals surface area contributed by atoms with E-state index in [2.05, 4.69) is 25.2 Å². The van der Waals surface area contributed by atoms with E-state index in [4.69, 9.17) is 4.74 Å². The number of esters is 1. The number of hydrogen-bond acceptors (Lipinski definition) is 2. The number of carbonyl (C=O) groups excluding carboxylic acids is 1. The summed E-state index contributed by atoms with van der Waals surface area (Å²) in [4.78, 5) is 11.4. The van der Waals surface area contributed by atoms with Gasteiger partial charge in [0.2, 0.25) is 0 Å². The molecule has 0 aromatic carbocycles. The van der Waals surface area contributed by atoms with Gasteiger partial charge in [0.05, 0.1) is 13.0 Å². The van der Waals surface area contributed by atoms with Gasteiger partial charge >= 0.3 is 5.97 Å². The van der Waals surface area contributed by atoms with Gasteiger partial charge in [-0.05, 0) is 50.9 Å². The van der Waals surface area contributed by atoms with E-state index >= 15 is 0 Å². The molecule has 0 radical (unpaired) electrons. The van der Waals surface area contributed by atoms with Crippen LogP contribution in [0.2, 0.25) is 0 Å². The second-order valence-electron chi connectivity index (χ2n) is 5.13. The molecule has 102 valence electrons. The van der Waals surface area contributed by atoms with Crippen LogP contribution in [0, 0.1) is 5.92 Å². The first-order chi connectivity index (χ1) is 8.79. The average molecular weight is 250 g/mol. The molecule has 2 nitrogen and oxygen atoms in total. The summed E-state index contributed by atoms with van der Waals surface area (Å²) in [5.41, 5.74) is 0. The molecule has 0 bridgehead atoms. The molecule has 0 amide bonds. The molecule has 0 fully saturated rings. The maximum atomic E-state index is 11.4. The van der Waals surface area contributed by atoms with Crippen molar-refractivity contribution in [1.82, 2.24) is 0 Å². The van der Waals surface area contributed by atoms with E-state index in [1.54, 1.807) is 0 Å². The number of carbonyl (C=O) groups is 1. The fourth-order valence-corrected chi connectivity index (χ4v) is 2.06. The largest absolute Gasteiger partial charge is 0.465 e. The van der Waals surface area contributed by atoms with E-state index < -0.39 is 0 Å². The molecular formula is C16H26O2. The zero-order valence-electron chi connectivity index (χ0n) is 11.6. The Morgan fingerprint density at radius 1 is 1.06 bits per heavy atom. The van der Waals surface area contributed by atoms with E-state index in [1.807, 2.05) is 6.08 Å². The molecule has 0 aliphatic carbocycles. The third kappa shape index (κ3) is 8.10. The molecule has 1 rings (SSSR count). The first-order valence-electron chi connectivity index (χ1n) is 7.24. The lowest BCUT2D eigenvalue weighted by atomic mass is 10.0. The van der Waals surface area contributed by atoms with E-state index in [9.17, 15) is 4.79 Å². The molecule has 0 spiro atoms. The summed E-state index contributed by atoms with van der Waals surface area (Å²) in [6.07, 6.45) is 17.0. The lowest BCUT2D eigenvalue weighted by molar-refractivity contribution is -0.142. The molecule has 0 saturated heterocycles. The molecule has 18 heavy (non-hydrogen) atoms. The molecule has 1 aliphatic rings. The predicted octanol–water partition coefficient (Wildman–Crippen LogP) is 4.41. The standard InChI is InChI=1S/C16H26O2/c1-15-11-8-6-4-2-3-5-7-9-13-16(17)18-14-10-12-15/h6-9,15H,2-5,10-14H2,1H3/b8-6+,9-7+. The Kier molecular flexibility index (Phi) is 8.28. The molecule has 0 aromatic heterocycles. The van der Waals surface area contributed by atoms with Gasteiger partial charge in [0.1, 0.15) is 0 Å². The Morgan fingerprint density at radius 2 is 1.78 bits per heavy atom. The molecule has 0 N–H and O–H groups in total. The van der Waals surface area contributed by atoms with Gasteiger partial charge in [-0.25, -0.2) is 0 Å². The van der Waals surface area contributed by atoms with Gasteiger partial charge in [0.15, 0.2) is 0 Å². The minimum absolute atomic E-state index is 0.0918. The quantitative estimate of drug-likeness (QED) is 0.470. The van der Waals surface area contributed by atoms with Crippen LogP contribution in [0.25, 0.3) is 0 Å². The Morgan fingerprint density at radius 3 is 2.56 bits per heavy atom. The number of allylic oxidation sites excluding steroid dienone is 3. The number of rotatable bonds is 0. The molecule has 1 heterocycles. The van der Waals surface area contributed by atoms with Crippen LogP contribution in [-0.2, 0) is 9.53 Å². The van der Waals surface area contributed by atoms with Crippen molar-refractivity contribution >= 4 is 5.97 Å². The van der Waals surface area contributed by atoms with Gasteiger partial charge < -0.3 is 4.74 Å². The number of ether oxygens (including phenoxy) is 1. The van der Waals surface area contributed by atoms with Gasteiger partial charge in [0, 0.05) is 0 Å². The van der Waals surface area contributed by atoms with E-state index in [-0.39, 0.29) is 5.97 Å². The third-order valence-corrected chi connectivity index (χ3v) is 3.25. The summed E-state index contributed by atoms with van der Waals surface area (Å²) < 4.78 is 5.18. The lowest BCUT2D eigenvalue weighted by Crippen LogP contribution is -2.05. The second-order valence-corrected chi connectivity index (χ2v) is 5.13. The van der Waals surface area contributed by atoms with Crippen molar-refractivity contribution in [2.24, 2.45) is 5.92 Å². The molecule has 2 heteroatoms. The molecule has 1 unspecified atom stereocenters. The molecule has 1 aliphatic heterocycles. The minimum atomic E-state index is -0.0918. The maximum absolute atomic E-state index is 11.4. The Hall–Kier alpha value is -1.05. The maximum Gasteiger partial charge on any atom is 0.309 e. The highest BCUT2D eigenvalue weighted by Gasteiger charge is 2.03. The van der Waals surface area contributed by atoms with Crippen LogP contribution in [-0.4, -0.2) is 12.6 Å². The lowest BCUT2D eigenvalue weighted by Gasteiger charge is -2.09. The highest BCUT2D eigenvalue weighted by molar-refractivity contribution is 5.71. The van der Waals surface area contributed by atoms with Crippen LogP contribution in [0.3, 0.4) is 0 Å². The SMILES string of the molecule is CC1C/C=C/CCCC/C=C/CC(=O)OCCC1. The molecule has 1 atom stereocenters. The highest BCUT2D eigenvalue weighted by Crippen LogP contribution is 2.12. The smallest absolute Gasteiger partial charge is 0.309 e. The molecule has 0 saturated carbocycles. The summed E-state index contributed by atoms with van der Waals surface area (Å²) in [7, 11) is 0. The van der Waals surface area contributed by atoms with Crippen LogP contribution in [0.5, 0.6) is 0 Å². The summed E-state index contributed by atoms with van der Waals surface area (Å²) in [6.45, 7) is 2.83. The highest BCUT2D eigenvalue weighted by atomic mass is 16.5. The monoisotopic (exact) mass is 250 g/mol. The van der Waals surface area contributed by atoms with E-state index in [1.165, 1.54) is 19.3 Å². The van der Waals surface area contributed by atoms with E-state index in [0.717, 1.165) is 25.7 Å². The third-order valence-electron chi connectivity index (χ3n) is 3.25. The Balaban J connectivity index is 2.33. The fourth-order valence-electron chi connectivity index (χ4n) is 2.06. The Labute approximate surface area is 111 Å². The zero-order valence-corrected chi connectivity index (χ0v) is 11.6. The van der Waals surface area contributed by atoms with Crippen molar-refractivity contribution in [1.29, 1.82) is 0 Å².